The number of halogens is 1. The number of aryl methyl sites for hydroxylation is 1. The lowest BCUT2D eigenvalue weighted by atomic mass is 10.3. The molecule has 0 saturated heterocycles. The van der Waals surface area contributed by atoms with E-state index in [0.717, 1.165) is 28.6 Å². The van der Waals surface area contributed by atoms with Gasteiger partial charge in [0.25, 0.3) is 0 Å². The molecule has 0 radical (unpaired) electrons. The number of hydrogen-bond donors (Lipinski definition) is 1. The van der Waals surface area contributed by atoms with Crippen LogP contribution in [0.4, 0.5) is 5.69 Å². The van der Waals surface area contributed by atoms with Crippen LogP contribution in [0.15, 0.2) is 42.7 Å². The average molecular weight is 349 g/mol. The Kier molecular flexibility index (Phi) is 5.15. The lowest BCUT2D eigenvalue weighted by molar-refractivity contribution is 0.292. The number of thiazole rings is 1. The van der Waals surface area contributed by atoms with E-state index >= 15 is 0 Å². The summed E-state index contributed by atoms with van der Waals surface area (Å²) in [6.45, 7) is 4.13. The molecule has 23 heavy (non-hydrogen) atoms. The van der Waals surface area contributed by atoms with Crippen molar-refractivity contribution >= 4 is 28.6 Å². The van der Waals surface area contributed by atoms with Crippen molar-refractivity contribution in [2.45, 2.75) is 26.6 Å². The quantitative estimate of drug-likeness (QED) is 0.695. The molecule has 0 unspecified atom stereocenters. The number of ether oxygens (including phenoxy) is 1. The molecule has 0 bridgehead atoms. The first kappa shape index (κ1) is 15.8. The molecule has 3 rings (SSSR count). The van der Waals surface area contributed by atoms with Gasteiger partial charge in [-0.3, -0.25) is 4.68 Å². The topological polar surface area (TPSA) is 52.0 Å². The van der Waals surface area contributed by atoms with Crippen molar-refractivity contribution in [1.29, 1.82) is 0 Å². The lowest BCUT2D eigenvalue weighted by Crippen LogP contribution is -2.06. The van der Waals surface area contributed by atoms with Gasteiger partial charge in [-0.25, -0.2) is 4.98 Å². The van der Waals surface area contributed by atoms with Gasteiger partial charge in [-0.2, -0.15) is 5.10 Å². The standard InChI is InChI=1S/C16H17ClN4OS/c1-2-21-13(7-8-20-21)11-22-14-5-3-12(4-6-14)18-9-15-10-19-16(17)23-15/h3-8,10,18H,2,9,11H2,1H3. The van der Waals surface area contributed by atoms with Crippen LogP contribution < -0.4 is 10.1 Å². The Morgan fingerprint density at radius 2 is 2.09 bits per heavy atom. The second-order valence-electron chi connectivity index (χ2n) is 4.88. The van der Waals surface area contributed by atoms with E-state index in [2.05, 4.69) is 22.3 Å². The van der Waals surface area contributed by atoms with Crippen LogP contribution in [-0.4, -0.2) is 14.8 Å². The molecule has 0 aliphatic carbocycles. The van der Waals surface area contributed by atoms with Gasteiger partial charge in [-0.1, -0.05) is 11.6 Å². The summed E-state index contributed by atoms with van der Waals surface area (Å²) >= 11 is 7.30. The second kappa shape index (κ2) is 7.48. The van der Waals surface area contributed by atoms with Crippen molar-refractivity contribution < 1.29 is 4.74 Å². The molecule has 0 spiro atoms. The van der Waals surface area contributed by atoms with Gasteiger partial charge in [0, 0.05) is 29.5 Å². The Morgan fingerprint density at radius 1 is 1.26 bits per heavy atom. The molecule has 120 valence electrons. The van der Waals surface area contributed by atoms with Gasteiger partial charge < -0.3 is 10.1 Å². The van der Waals surface area contributed by atoms with Gasteiger partial charge in [0.2, 0.25) is 0 Å². The number of hydrogen-bond acceptors (Lipinski definition) is 5. The molecule has 0 amide bonds. The summed E-state index contributed by atoms with van der Waals surface area (Å²) in [6.07, 6.45) is 3.58. The van der Waals surface area contributed by atoms with Gasteiger partial charge in [0.15, 0.2) is 4.47 Å². The summed E-state index contributed by atoms with van der Waals surface area (Å²) in [5.41, 5.74) is 2.09. The summed E-state index contributed by atoms with van der Waals surface area (Å²) in [7, 11) is 0. The molecule has 7 heteroatoms. The fourth-order valence-corrected chi connectivity index (χ4v) is 3.07. The van der Waals surface area contributed by atoms with Crippen LogP contribution in [0.5, 0.6) is 5.75 Å². The van der Waals surface area contributed by atoms with Gasteiger partial charge in [0.1, 0.15) is 12.4 Å². The van der Waals surface area contributed by atoms with Gasteiger partial charge in [-0.05, 0) is 37.3 Å². The Hall–Kier alpha value is -2.05. The molecule has 1 aromatic carbocycles. The molecule has 0 aliphatic rings. The fourth-order valence-electron chi connectivity index (χ4n) is 2.15. The highest BCUT2D eigenvalue weighted by Gasteiger charge is 2.03. The fraction of sp³-hybridized carbons (Fsp3) is 0.250. The van der Waals surface area contributed by atoms with Crippen LogP contribution in [0.3, 0.4) is 0 Å². The summed E-state index contributed by atoms with van der Waals surface area (Å²) in [5, 5.41) is 7.56. The van der Waals surface area contributed by atoms with Crippen molar-refractivity contribution in [1.82, 2.24) is 14.8 Å². The lowest BCUT2D eigenvalue weighted by Gasteiger charge is -2.09. The summed E-state index contributed by atoms with van der Waals surface area (Å²) in [4.78, 5) is 5.12. The molecular weight excluding hydrogens is 332 g/mol. The molecule has 2 aromatic heterocycles. The maximum atomic E-state index is 5.82. The average Bonchev–Trinajstić information content (AvgIpc) is 3.20. The Morgan fingerprint density at radius 3 is 2.78 bits per heavy atom. The molecule has 3 aromatic rings. The Labute approximate surface area is 143 Å². The predicted molar refractivity (Wildman–Crippen MR) is 93.1 cm³/mol. The summed E-state index contributed by atoms with van der Waals surface area (Å²) < 4.78 is 8.29. The van der Waals surface area contributed by atoms with Crippen molar-refractivity contribution in [3.63, 3.8) is 0 Å². The van der Waals surface area contributed by atoms with E-state index in [1.807, 2.05) is 35.0 Å². The highest BCUT2D eigenvalue weighted by atomic mass is 35.5. The third-order valence-corrected chi connectivity index (χ3v) is 4.45. The molecule has 5 nitrogen and oxygen atoms in total. The van der Waals surface area contributed by atoms with E-state index in [1.165, 1.54) is 11.3 Å². The Bertz CT molecular complexity index is 754. The van der Waals surface area contributed by atoms with Crippen LogP contribution in [-0.2, 0) is 19.7 Å². The number of anilines is 1. The SMILES string of the molecule is CCn1nccc1COc1ccc(NCc2cnc(Cl)s2)cc1. The number of aromatic nitrogens is 3. The van der Waals surface area contributed by atoms with E-state index in [4.69, 9.17) is 16.3 Å². The van der Waals surface area contributed by atoms with E-state index in [-0.39, 0.29) is 0 Å². The number of nitrogens with one attached hydrogen (secondary N) is 1. The first-order valence-electron chi connectivity index (χ1n) is 7.32. The van der Waals surface area contributed by atoms with Crippen molar-refractivity contribution in [2.75, 3.05) is 5.32 Å². The minimum absolute atomic E-state index is 0.514. The van der Waals surface area contributed by atoms with E-state index in [0.29, 0.717) is 17.6 Å². The highest BCUT2D eigenvalue weighted by Crippen LogP contribution is 2.21. The Balaban J connectivity index is 1.52. The zero-order valence-corrected chi connectivity index (χ0v) is 14.3. The van der Waals surface area contributed by atoms with Gasteiger partial charge in [-0.15, -0.1) is 11.3 Å². The normalized spacial score (nSPS) is 10.7. The monoisotopic (exact) mass is 348 g/mol. The number of nitrogens with zero attached hydrogens (tertiary/aromatic N) is 3. The van der Waals surface area contributed by atoms with Crippen LogP contribution >= 0.6 is 22.9 Å². The molecule has 0 aliphatic heterocycles. The number of benzene rings is 1. The highest BCUT2D eigenvalue weighted by molar-refractivity contribution is 7.15. The van der Waals surface area contributed by atoms with E-state index in [9.17, 15) is 0 Å². The first-order valence-corrected chi connectivity index (χ1v) is 8.51. The smallest absolute Gasteiger partial charge is 0.183 e. The van der Waals surface area contributed by atoms with Crippen molar-refractivity contribution in [3.8, 4) is 5.75 Å². The minimum Gasteiger partial charge on any atom is -0.487 e. The van der Waals surface area contributed by atoms with Crippen LogP contribution in [0, 0.1) is 0 Å². The first-order chi connectivity index (χ1) is 11.2. The van der Waals surface area contributed by atoms with Crippen molar-refractivity contribution in [3.05, 3.63) is 57.8 Å². The molecular formula is C16H17ClN4OS. The van der Waals surface area contributed by atoms with Gasteiger partial charge in [0.05, 0.1) is 12.2 Å². The number of rotatable bonds is 7. The van der Waals surface area contributed by atoms with Crippen LogP contribution in [0.1, 0.15) is 17.5 Å². The zero-order chi connectivity index (χ0) is 16.1. The van der Waals surface area contributed by atoms with Crippen LogP contribution in [0.25, 0.3) is 0 Å². The summed E-state index contributed by atoms with van der Waals surface area (Å²) in [6, 6.07) is 9.87. The molecule has 2 heterocycles. The zero-order valence-electron chi connectivity index (χ0n) is 12.7. The largest absolute Gasteiger partial charge is 0.487 e. The molecule has 0 atom stereocenters. The van der Waals surface area contributed by atoms with E-state index in [1.54, 1.807) is 12.4 Å². The van der Waals surface area contributed by atoms with Gasteiger partial charge >= 0.3 is 0 Å². The maximum absolute atomic E-state index is 5.82. The summed E-state index contributed by atoms with van der Waals surface area (Å²) in [5.74, 6) is 0.834. The minimum atomic E-state index is 0.514. The van der Waals surface area contributed by atoms with Crippen molar-refractivity contribution in [2.24, 2.45) is 0 Å². The third kappa shape index (κ3) is 4.24. The maximum Gasteiger partial charge on any atom is 0.183 e. The molecule has 0 fully saturated rings. The van der Waals surface area contributed by atoms with Crippen LogP contribution in [0.2, 0.25) is 4.47 Å². The predicted octanol–water partition coefficient (Wildman–Crippen LogP) is 4.20. The second-order valence-corrected chi connectivity index (χ2v) is 6.58. The van der Waals surface area contributed by atoms with E-state index < -0.39 is 0 Å². The molecule has 1 N–H and O–H groups in total. The third-order valence-electron chi connectivity index (χ3n) is 3.34. The molecule has 0 saturated carbocycles.